The van der Waals surface area contributed by atoms with Crippen LogP contribution in [0.4, 0.5) is 0 Å². The third kappa shape index (κ3) is 7.68. The average Bonchev–Trinajstić information content (AvgIpc) is 2.30. The Kier molecular flexibility index (Phi) is 11.4. The third-order valence-electron chi connectivity index (χ3n) is 2.09. The van der Waals surface area contributed by atoms with E-state index in [1.807, 2.05) is 18.2 Å². The monoisotopic (exact) mass is 495 g/mol. The summed E-state index contributed by atoms with van der Waals surface area (Å²) in [4.78, 5) is 11.2. The Labute approximate surface area is 133 Å². The van der Waals surface area contributed by atoms with Gasteiger partial charge in [0.15, 0.2) is 0 Å². The SMILES string of the molecule is CCOC(=O)Cc1ccc(CO)[c]([TlH])c1.P=S=S. The molecule has 0 aliphatic heterocycles. The Hall–Kier alpha value is 0.312. The van der Waals surface area contributed by atoms with Crippen molar-refractivity contribution in [3.63, 3.8) is 0 Å². The van der Waals surface area contributed by atoms with Gasteiger partial charge in [-0.05, 0) is 19.2 Å². The number of aliphatic hydroxyl groups excluding tert-OH is 1. The maximum absolute atomic E-state index is 11.2. The number of esters is 1. The largest absolute Gasteiger partial charge is 0.0540 e. The number of hydrogen-bond donors (Lipinski definition) is 1. The van der Waals surface area contributed by atoms with Gasteiger partial charge in [0.25, 0.3) is 0 Å². The fourth-order valence-electron chi connectivity index (χ4n) is 1.32. The van der Waals surface area contributed by atoms with Gasteiger partial charge in [-0.2, -0.15) is 0 Å². The molecule has 0 heterocycles. The van der Waals surface area contributed by atoms with Gasteiger partial charge in [0, 0.05) is 0 Å². The van der Waals surface area contributed by atoms with Crippen molar-refractivity contribution in [2.45, 2.75) is 20.0 Å². The molecule has 1 aromatic rings. The fourth-order valence-corrected chi connectivity index (χ4v) is 3.23. The zero-order valence-electron chi connectivity index (χ0n) is 10.1. The molecule has 3 nitrogen and oxygen atoms in total. The number of benzene rings is 1. The number of hydrogen-bond acceptors (Lipinski definition) is 4. The van der Waals surface area contributed by atoms with Crippen LogP contribution in [0.15, 0.2) is 18.2 Å². The molecule has 0 spiro atoms. The Morgan fingerprint density at radius 1 is 1.61 bits per heavy atom. The van der Waals surface area contributed by atoms with Gasteiger partial charge in [-0.3, -0.25) is 0 Å². The van der Waals surface area contributed by atoms with E-state index in [9.17, 15) is 4.79 Å². The van der Waals surface area contributed by atoms with E-state index in [4.69, 9.17) is 9.84 Å². The molecule has 0 saturated carbocycles. The molecule has 7 heteroatoms. The molecule has 0 aliphatic carbocycles. The normalized spacial score (nSPS) is 8.94. The summed E-state index contributed by atoms with van der Waals surface area (Å²) in [7, 11) is 4.05. The summed E-state index contributed by atoms with van der Waals surface area (Å²) < 4.78 is 6.06. The van der Waals surface area contributed by atoms with Crippen LogP contribution in [0.25, 0.3) is 0 Å². The first-order chi connectivity index (χ1) is 8.58. The maximum atomic E-state index is 11.2. The molecular formula is C11H15O3PS2Tl. The van der Waals surface area contributed by atoms with Crippen molar-refractivity contribution in [3.05, 3.63) is 29.3 Å². The van der Waals surface area contributed by atoms with Crippen LogP contribution in [-0.2, 0) is 43.2 Å². The van der Waals surface area contributed by atoms with Crippen LogP contribution in [-0.4, -0.2) is 43.4 Å². The molecule has 1 rings (SSSR count). The van der Waals surface area contributed by atoms with Crippen molar-refractivity contribution in [2.24, 2.45) is 0 Å². The number of carbonyl (C=O) groups excluding carboxylic acids is 1. The van der Waals surface area contributed by atoms with Crippen molar-refractivity contribution in [1.82, 2.24) is 0 Å². The predicted molar refractivity (Wildman–Crippen MR) is 82.5 cm³/mol. The summed E-state index contributed by atoms with van der Waals surface area (Å²) in [5, 5.41) is 9.01. The Balaban J connectivity index is 0.000000873. The van der Waals surface area contributed by atoms with Crippen LogP contribution in [0, 0.1) is 0 Å². The van der Waals surface area contributed by atoms with Crippen LogP contribution < -0.4 is 3.12 Å². The minimum Gasteiger partial charge on any atom is -0.0540 e. The van der Waals surface area contributed by atoms with Gasteiger partial charge >= 0.3 is 105 Å². The molecule has 0 radical (unpaired) electrons. The Morgan fingerprint density at radius 3 is 2.67 bits per heavy atom. The number of aliphatic hydroxyl groups is 1. The maximum Gasteiger partial charge on any atom is -0.00810 e. The molecule has 1 N–H and O–H groups in total. The average molecular weight is 495 g/mol. The van der Waals surface area contributed by atoms with Crippen LogP contribution in [0.5, 0.6) is 0 Å². The predicted octanol–water partition coefficient (Wildman–Crippen LogP) is 0.399. The van der Waals surface area contributed by atoms with Crippen LogP contribution in [0.1, 0.15) is 18.1 Å². The van der Waals surface area contributed by atoms with Crippen molar-refractivity contribution < 1.29 is 14.6 Å². The van der Waals surface area contributed by atoms with E-state index in [1.54, 1.807) is 6.92 Å². The molecule has 97 valence electrons. The van der Waals surface area contributed by atoms with Gasteiger partial charge < -0.3 is 0 Å². The van der Waals surface area contributed by atoms with E-state index in [2.05, 4.69) is 19.2 Å². The Bertz CT molecular complexity index is 434. The summed E-state index contributed by atoms with van der Waals surface area (Å²) in [6.07, 6.45) is 0.323. The van der Waals surface area contributed by atoms with E-state index >= 15 is 0 Å². The molecule has 18 heavy (non-hydrogen) atoms. The van der Waals surface area contributed by atoms with Crippen LogP contribution in [0.2, 0.25) is 0 Å². The molecule has 0 fully saturated rings. The number of carbonyl (C=O) groups is 1. The van der Waals surface area contributed by atoms with Crippen molar-refractivity contribution in [3.8, 4) is 0 Å². The molecule has 0 unspecified atom stereocenters. The van der Waals surface area contributed by atoms with Gasteiger partial charge in [-0.25, -0.2) is 0 Å². The second kappa shape index (κ2) is 11.2. The molecule has 0 saturated heterocycles. The van der Waals surface area contributed by atoms with E-state index in [-0.39, 0.29) is 12.6 Å². The minimum atomic E-state index is -0.193. The second-order valence-corrected chi connectivity index (χ2v) is 8.45. The van der Waals surface area contributed by atoms with Crippen molar-refractivity contribution >= 4 is 63.6 Å². The van der Waals surface area contributed by atoms with Gasteiger partial charge in [0.2, 0.25) is 0 Å². The van der Waals surface area contributed by atoms with E-state index < -0.39 is 0 Å². The van der Waals surface area contributed by atoms with Crippen molar-refractivity contribution in [2.75, 3.05) is 6.61 Å². The van der Waals surface area contributed by atoms with Gasteiger partial charge in [-0.15, -0.1) is 0 Å². The van der Waals surface area contributed by atoms with Crippen LogP contribution >= 0.6 is 8.02 Å². The molecular weight excluding hydrogens is 480 g/mol. The quantitative estimate of drug-likeness (QED) is 0.374. The number of ether oxygens (including phenoxy) is 1. The van der Waals surface area contributed by atoms with Crippen LogP contribution in [0.3, 0.4) is 0 Å². The topological polar surface area (TPSA) is 46.5 Å². The van der Waals surface area contributed by atoms with E-state index in [0.717, 1.165) is 20.6 Å². The van der Waals surface area contributed by atoms with Gasteiger partial charge in [0.05, 0.1) is 0 Å². The summed E-state index contributed by atoms with van der Waals surface area (Å²) in [6.45, 7) is 2.30. The molecule has 0 bridgehead atoms. The summed E-state index contributed by atoms with van der Waals surface area (Å²) in [5.41, 5.74) is 1.95. The molecule has 1 aromatic carbocycles. The zero-order valence-corrected chi connectivity index (χ0v) is 18.3. The first-order valence-electron chi connectivity index (χ1n) is 5.24. The van der Waals surface area contributed by atoms with E-state index in [0.29, 0.717) is 38.8 Å². The fraction of sp³-hybridized carbons (Fsp3) is 0.364. The van der Waals surface area contributed by atoms with Gasteiger partial charge in [0.1, 0.15) is 0 Å². The Morgan fingerprint density at radius 2 is 2.22 bits per heavy atom. The number of rotatable bonds is 4. The van der Waals surface area contributed by atoms with E-state index in [1.165, 1.54) is 3.12 Å². The first-order valence-corrected chi connectivity index (χ1v) is 11.0. The summed E-state index contributed by atoms with van der Waals surface area (Å²) in [6, 6.07) is 5.75. The van der Waals surface area contributed by atoms with Gasteiger partial charge in [-0.1, -0.05) is 9.50 Å². The molecule has 0 aromatic heterocycles. The van der Waals surface area contributed by atoms with Crippen molar-refractivity contribution in [1.29, 1.82) is 0 Å². The summed E-state index contributed by atoms with van der Waals surface area (Å²) in [5.74, 6) is -0.193. The zero-order chi connectivity index (χ0) is 14.0. The molecule has 0 atom stereocenters. The summed E-state index contributed by atoms with van der Waals surface area (Å²) >= 11 is 4.68. The standard InChI is InChI=1S/C11H13O3.HPS2.Tl.H/c1-2-14-11(13)7-9-3-5-10(8-12)6-4-9;1-3-2;;/h3-5,12H,2,7-8H2,1H3;1H;;. The molecule has 0 amide bonds. The first kappa shape index (κ1) is 18.3. The second-order valence-electron chi connectivity index (χ2n) is 3.33. The molecule has 0 aliphatic rings. The minimum absolute atomic E-state index is 0.0819. The third-order valence-corrected chi connectivity index (χ3v) is 4.65. The smallest absolute Gasteiger partial charge is 0.00810 e.